The van der Waals surface area contributed by atoms with Crippen LogP contribution in [0.25, 0.3) is 0 Å². The average molecular weight is 400 g/mol. The zero-order chi connectivity index (χ0) is 19.0. The van der Waals surface area contributed by atoms with E-state index in [1.54, 1.807) is 0 Å². The lowest BCUT2D eigenvalue weighted by Gasteiger charge is -2.34. The van der Waals surface area contributed by atoms with Gasteiger partial charge in [-0.15, -0.1) is 0 Å². The van der Waals surface area contributed by atoms with Crippen molar-refractivity contribution in [1.82, 2.24) is 9.21 Å². The molecule has 1 fully saturated rings. The van der Waals surface area contributed by atoms with Crippen LogP contribution in [0.2, 0.25) is 5.02 Å². The number of rotatable bonds is 3. The fourth-order valence-electron chi connectivity index (χ4n) is 2.47. The van der Waals surface area contributed by atoms with Crippen molar-refractivity contribution in [2.45, 2.75) is 24.0 Å². The monoisotopic (exact) mass is 399 g/mol. The summed E-state index contributed by atoms with van der Waals surface area (Å²) in [7, 11) is -4.13. The van der Waals surface area contributed by atoms with Gasteiger partial charge in [-0.3, -0.25) is 4.79 Å². The maximum Gasteiger partial charge on any atom is 0.417 e. The second-order valence-corrected chi connectivity index (χ2v) is 8.00. The Bertz CT molecular complexity index is 760. The minimum atomic E-state index is -4.76. The van der Waals surface area contributed by atoms with E-state index in [-0.39, 0.29) is 32.1 Å². The lowest BCUT2D eigenvalue weighted by Crippen LogP contribution is -2.53. The maximum absolute atomic E-state index is 12.9. The highest BCUT2D eigenvalue weighted by molar-refractivity contribution is 7.89. The number of alkyl halides is 3. The summed E-state index contributed by atoms with van der Waals surface area (Å²) in [6.07, 6.45) is -4.76. The van der Waals surface area contributed by atoms with Crippen molar-refractivity contribution in [3.8, 4) is 0 Å². The second-order valence-electron chi connectivity index (χ2n) is 5.66. The minimum Gasteiger partial charge on any atom is -0.339 e. The van der Waals surface area contributed by atoms with Gasteiger partial charge in [0, 0.05) is 26.2 Å². The number of amides is 1. The summed E-state index contributed by atoms with van der Waals surface area (Å²) in [5, 5.41) is -0.571. The van der Waals surface area contributed by atoms with Gasteiger partial charge < -0.3 is 10.6 Å². The topological polar surface area (TPSA) is 83.7 Å². The highest BCUT2D eigenvalue weighted by atomic mass is 35.5. The van der Waals surface area contributed by atoms with Crippen molar-refractivity contribution in [2.24, 2.45) is 5.73 Å². The van der Waals surface area contributed by atoms with Gasteiger partial charge in [-0.2, -0.15) is 17.5 Å². The Morgan fingerprint density at radius 2 is 1.80 bits per heavy atom. The van der Waals surface area contributed by atoms with Gasteiger partial charge in [-0.1, -0.05) is 11.6 Å². The van der Waals surface area contributed by atoms with Crippen LogP contribution in [0.5, 0.6) is 0 Å². The van der Waals surface area contributed by atoms with Crippen LogP contribution in [0.3, 0.4) is 0 Å². The molecule has 1 unspecified atom stereocenters. The lowest BCUT2D eigenvalue weighted by molar-refractivity contribution is -0.137. The van der Waals surface area contributed by atoms with E-state index in [1.807, 2.05) is 0 Å². The standard InChI is InChI=1S/C14H17ClF3N3O3S/c1-9(19)13(22)20-4-6-21(7-5-20)25(23,24)10-2-3-12(15)11(8-10)14(16,17)18/h2-3,8-9H,4-7,19H2,1H3. The van der Waals surface area contributed by atoms with E-state index in [0.717, 1.165) is 16.4 Å². The number of hydrogen-bond donors (Lipinski definition) is 1. The Hall–Kier alpha value is -1.36. The number of halogens is 4. The van der Waals surface area contributed by atoms with Crippen molar-refractivity contribution in [3.05, 3.63) is 28.8 Å². The summed E-state index contributed by atoms with van der Waals surface area (Å²) < 4.78 is 65.0. The molecule has 0 saturated carbocycles. The first-order valence-electron chi connectivity index (χ1n) is 7.36. The largest absolute Gasteiger partial charge is 0.417 e. The first-order valence-corrected chi connectivity index (χ1v) is 9.17. The van der Waals surface area contributed by atoms with E-state index in [4.69, 9.17) is 17.3 Å². The van der Waals surface area contributed by atoms with Crippen molar-refractivity contribution in [2.75, 3.05) is 26.2 Å². The van der Waals surface area contributed by atoms with Crippen LogP contribution in [-0.4, -0.2) is 55.8 Å². The third-order valence-electron chi connectivity index (χ3n) is 3.82. The van der Waals surface area contributed by atoms with Crippen LogP contribution in [0.15, 0.2) is 23.1 Å². The van der Waals surface area contributed by atoms with Gasteiger partial charge in [-0.05, 0) is 25.1 Å². The van der Waals surface area contributed by atoms with Crippen molar-refractivity contribution in [1.29, 1.82) is 0 Å². The quantitative estimate of drug-likeness (QED) is 0.835. The molecular weight excluding hydrogens is 383 g/mol. The molecule has 1 heterocycles. The van der Waals surface area contributed by atoms with Gasteiger partial charge in [0.2, 0.25) is 15.9 Å². The summed E-state index contributed by atoms with van der Waals surface area (Å²) in [6, 6.07) is 1.77. The first-order chi connectivity index (χ1) is 11.4. The van der Waals surface area contributed by atoms with Crippen LogP contribution < -0.4 is 5.73 Å². The van der Waals surface area contributed by atoms with Crippen molar-refractivity contribution in [3.63, 3.8) is 0 Å². The molecule has 140 valence electrons. The van der Waals surface area contributed by atoms with Crippen LogP contribution in [0.4, 0.5) is 13.2 Å². The second kappa shape index (κ2) is 7.10. The van der Waals surface area contributed by atoms with Gasteiger partial charge >= 0.3 is 6.18 Å². The maximum atomic E-state index is 12.9. The highest BCUT2D eigenvalue weighted by Gasteiger charge is 2.36. The molecule has 11 heteroatoms. The van der Waals surface area contributed by atoms with Crippen molar-refractivity contribution < 1.29 is 26.4 Å². The van der Waals surface area contributed by atoms with Gasteiger partial charge in [-0.25, -0.2) is 8.42 Å². The Morgan fingerprint density at radius 1 is 1.24 bits per heavy atom. The Kier molecular flexibility index (Phi) is 5.67. The first kappa shape index (κ1) is 20.0. The number of nitrogens with two attached hydrogens (primary N) is 1. The van der Waals surface area contributed by atoms with Crippen LogP contribution >= 0.6 is 11.6 Å². The third-order valence-corrected chi connectivity index (χ3v) is 6.05. The Labute approximate surface area is 148 Å². The predicted octanol–water partition coefficient (Wildman–Crippen LogP) is 1.54. The molecule has 0 bridgehead atoms. The van der Waals surface area contributed by atoms with E-state index in [2.05, 4.69) is 0 Å². The molecule has 0 aliphatic carbocycles. The minimum absolute atomic E-state index is 0.0230. The lowest BCUT2D eigenvalue weighted by atomic mass is 10.2. The van der Waals surface area contributed by atoms with E-state index in [9.17, 15) is 26.4 Å². The van der Waals surface area contributed by atoms with E-state index in [1.165, 1.54) is 11.8 Å². The molecule has 0 spiro atoms. The number of carbonyl (C=O) groups excluding carboxylic acids is 1. The summed E-state index contributed by atoms with van der Waals surface area (Å²) in [5.74, 6) is -0.303. The summed E-state index contributed by atoms with van der Waals surface area (Å²) in [4.78, 5) is 12.8. The number of piperazine rings is 1. The summed E-state index contributed by atoms with van der Waals surface area (Å²) in [5.41, 5.74) is 4.30. The summed E-state index contributed by atoms with van der Waals surface area (Å²) in [6.45, 7) is 1.73. The van der Waals surface area contributed by atoms with Gasteiger partial charge in [0.25, 0.3) is 0 Å². The third kappa shape index (κ3) is 4.25. The SMILES string of the molecule is CC(N)C(=O)N1CCN(S(=O)(=O)c2ccc(Cl)c(C(F)(F)F)c2)CC1. The molecule has 1 aliphatic rings. The van der Waals surface area contributed by atoms with Gasteiger partial charge in [0.1, 0.15) is 0 Å². The Morgan fingerprint density at radius 3 is 2.28 bits per heavy atom. The molecule has 1 saturated heterocycles. The molecule has 1 atom stereocenters. The molecule has 1 aromatic rings. The highest BCUT2D eigenvalue weighted by Crippen LogP contribution is 2.36. The number of benzene rings is 1. The molecule has 6 nitrogen and oxygen atoms in total. The molecule has 1 aliphatic heterocycles. The van der Waals surface area contributed by atoms with Crippen LogP contribution in [0, 0.1) is 0 Å². The molecular formula is C14H17ClF3N3O3S. The number of nitrogens with zero attached hydrogens (tertiary/aromatic N) is 2. The molecule has 2 N–H and O–H groups in total. The Balaban J connectivity index is 2.22. The van der Waals surface area contributed by atoms with Gasteiger partial charge in [0.15, 0.2) is 0 Å². The number of carbonyl (C=O) groups is 1. The molecule has 25 heavy (non-hydrogen) atoms. The smallest absolute Gasteiger partial charge is 0.339 e. The average Bonchev–Trinajstić information content (AvgIpc) is 2.53. The molecule has 0 radical (unpaired) electrons. The normalized spacial score (nSPS) is 18.2. The van der Waals surface area contributed by atoms with Gasteiger partial charge in [0.05, 0.1) is 21.5 Å². The van der Waals surface area contributed by atoms with Crippen LogP contribution in [0.1, 0.15) is 12.5 Å². The zero-order valence-electron chi connectivity index (χ0n) is 13.3. The molecule has 1 amide bonds. The molecule has 0 aromatic heterocycles. The van der Waals surface area contributed by atoms with Crippen molar-refractivity contribution >= 4 is 27.5 Å². The number of sulfonamides is 1. The summed E-state index contributed by atoms with van der Waals surface area (Å²) >= 11 is 5.52. The van der Waals surface area contributed by atoms with E-state index in [0.29, 0.717) is 6.07 Å². The molecule has 1 aromatic carbocycles. The van der Waals surface area contributed by atoms with E-state index >= 15 is 0 Å². The fraction of sp³-hybridized carbons (Fsp3) is 0.500. The zero-order valence-corrected chi connectivity index (χ0v) is 14.8. The molecule has 2 rings (SSSR count). The number of hydrogen-bond acceptors (Lipinski definition) is 4. The van der Waals surface area contributed by atoms with Crippen LogP contribution in [-0.2, 0) is 21.0 Å². The predicted molar refractivity (Wildman–Crippen MR) is 85.4 cm³/mol. The van der Waals surface area contributed by atoms with E-state index < -0.39 is 37.7 Å². The fourth-order valence-corrected chi connectivity index (χ4v) is 4.14.